The van der Waals surface area contributed by atoms with Crippen molar-refractivity contribution in [2.75, 3.05) is 0 Å². The van der Waals surface area contributed by atoms with Crippen LogP contribution in [0, 0.1) is 0 Å². The molecular weight excluding hydrogens is 298 g/mol. The molecule has 24 heavy (non-hydrogen) atoms. The van der Waals surface area contributed by atoms with Crippen LogP contribution < -0.4 is 5.32 Å². The first-order valence-corrected chi connectivity index (χ1v) is 8.10. The zero-order valence-electron chi connectivity index (χ0n) is 13.7. The third kappa shape index (κ3) is 4.32. The molecule has 4 heteroatoms. The smallest absolute Gasteiger partial charge is 0.224 e. The molecule has 0 aliphatic rings. The maximum atomic E-state index is 12.2. The molecule has 1 amide bonds. The standard InChI is InChI=1S/C20H21N3O/c1-16(14-23-12-11-21-15-23)22-20(24)13-17-7-9-19(10-8-17)18-5-3-2-4-6-18/h2-12,15-16H,13-14H2,1H3,(H,22,24). The van der Waals surface area contributed by atoms with Crippen molar-refractivity contribution in [1.29, 1.82) is 0 Å². The lowest BCUT2D eigenvalue weighted by Gasteiger charge is -2.14. The second-order valence-electron chi connectivity index (χ2n) is 5.97. The van der Waals surface area contributed by atoms with E-state index < -0.39 is 0 Å². The van der Waals surface area contributed by atoms with E-state index in [9.17, 15) is 4.79 Å². The first-order valence-electron chi connectivity index (χ1n) is 8.10. The number of carbonyl (C=O) groups is 1. The number of benzene rings is 2. The SMILES string of the molecule is CC(Cn1ccnc1)NC(=O)Cc1ccc(-c2ccccc2)cc1. The molecule has 0 fully saturated rings. The van der Waals surface area contributed by atoms with Gasteiger partial charge in [-0.1, -0.05) is 54.6 Å². The van der Waals surface area contributed by atoms with E-state index in [-0.39, 0.29) is 11.9 Å². The molecule has 0 spiro atoms. The zero-order chi connectivity index (χ0) is 16.8. The normalized spacial score (nSPS) is 11.9. The van der Waals surface area contributed by atoms with Gasteiger partial charge in [0.15, 0.2) is 0 Å². The molecule has 1 aromatic heterocycles. The van der Waals surface area contributed by atoms with Crippen LogP contribution in [0.3, 0.4) is 0 Å². The summed E-state index contributed by atoms with van der Waals surface area (Å²) in [5, 5.41) is 3.03. The number of rotatable bonds is 6. The first-order chi connectivity index (χ1) is 11.7. The van der Waals surface area contributed by atoms with Crippen LogP contribution in [0.5, 0.6) is 0 Å². The van der Waals surface area contributed by atoms with Gasteiger partial charge in [0.05, 0.1) is 12.7 Å². The Hall–Kier alpha value is -2.88. The maximum Gasteiger partial charge on any atom is 0.224 e. The molecule has 0 saturated carbocycles. The van der Waals surface area contributed by atoms with Gasteiger partial charge in [0.25, 0.3) is 0 Å². The topological polar surface area (TPSA) is 46.9 Å². The van der Waals surface area contributed by atoms with Gasteiger partial charge < -0.3 is 9.88 Å². The Balaban J connectivity index is 1.54. The zero-order valence-corrected chi connectivity index (χ0v) is 13.7. The van der Waals surface area contributed by atoms with E-state index in [1.54, 1.807) is 12.5 Å². The Labute approximate surface area is 142 Å². The van der Waals surface area contributed by atoms with Crippen molar-refractivity contribution in [2.24, 2.45) is 0 Å². The molecule has 0 aliphatic heterocycles. The quantitative estimate of drug-likeness (QED) is 0.758. The van der Waals surface area contributed by atoms with Crippen molar-refractivity contribution in [3.05, 3.63) is 78.9 Å². The molecule has 0 aliphatic carbocycles. The molecule has 3 aromatic rings. The van der Waals surface area contributed by atoms with Crippen LogP contribution in [-0.4, -0.2) is 21.5 Å². The summed E-state index contributed by atoms with van der Waals surface area (Å²) in [6.07, 6.45) is 5.78. The number of nitrogens with one attached hydrogen (secondary N) is 1. The van der Waals surface area contributed by atoms with Crippen molar-refractivity contribution < 1.29 is 4.79 Å². The van der Waals surface area contributed by atoms with Crippen LogP contribution in [0.2, 0.25) is 0 Å². The average Bonchev–Trinajstić information content (AvgIpc) is 3.09. The van der Waals surface area contributed by atoms with Crippen LogP contribution in [-0.2, 0) is 17.8 Å². The number of hydrogen-bond donors (Lipinski definition) is 1. The molecule has 4 nitrogen and oxygen atoms in total. The Kier molecular flexibility index (Phi) is 5.06. The van der Waals surface area contributed by atoms with Gasteiger partial charge in [-0.05, 0) is 23.6 Å². The Morgan fingerprint density at radius 3 is 2.46 bits per heavy atom. The van der Waals surface area contributed by atoms with Crippen molar-refractivity contribution in [3.8, 4) is 11.1 Å². The van der Waals surface area contributed by atoms with Crippen molar-refractivity contribution >= 4 is 5.91 Å². The van der Waals surface area contributed by atoms with Crippen LogP contribution in [0.25, 0.3) is 11.1 Å². The molecule has 0 saturated heterocycles. The van der Waals surface area contributed by atoms with Gasteiger partial charge in [0.1, 0.15) is 0 Å². The second kappa shape index (κ2) is 7.59. The third-order valence-electron chi connectivity index (χ3n) is 3.88. The molecule has 1 N–H and O–H groups in total. The monoisotopic (exact) mass is 319 g/mol. The van der Waals surface area contributed by atoms with Crippen LogP contribution in [0.1, 0.15) is 12.5 Å². The molecule has 0 radical (unpaired) electrons. The number of imidazole rings is 1. The minimum absolute atomic E-state index is 0.0371. The first kappa shape index (κ1) is 16.0. The highest BCUT2D eigenvalue weighted by Gasteiger charge is 2.09. The summed E-state index contributed by atoms with van der Waals surface area (Å²) >= 11 is 0. The maximum absolute atomic E-state index is 12.2. The minimum Gasteiger partial charge on any atom is -0.352 e. The Morgan fingerprint density at radius 1 is 1.08 bits per heavy atom. The van der Waals surface area contributed by atoms with E-state index in [2.05, 4.69) is 34.6 Å². The number of nitrogens with zero attached hydrogens (tertiary/aromatic N) is 2. The predicted octanol–water partition coefficient (Wildman–Crippen LogP) is 3.30. The molecular formula is C20H21N3O. The molecule has 0 bridgehead atoms. The van der Waals surface area contributed by atoms with Crippen LogP contribution >= 0.6 is 0 Å². The Morgan fingerprint density at radius 2 is 1.79 bits per heavy atom. The molecule has 2 aromatic carbocycles. The van der Waals surface area contributed by atoms with E-state index in [1.165, 1.54) is 5.56 Å². The lowest BCUT2D eigenvalue weighted by Crippen LogP contribution is -2.36. The van der Waals surface area contributed by atoms with Gasteiger partial charge >= 0.3 is 0 Å². The fourth-order valence-electron chi connectivity index (χ4n) is 2.71. The van der Waals surface area contributed by atoms with Gasteiger partial charge in [0, 0.05) is 25.0 Å². The van der Waals surface area contributed by atoms with Crippen molar-refractivity contribution in [1.82, 2.24) is 14.9 Å². The van der Waals surface area contributed by atoms with E-state index in [4.69, 9.17) is 0 Å². The van der Waals surface area contributed by atoms with E-state index in [1.807, 2.05) is 48.0 Å². The summed E-state index contributed by atoms with van der Waals surface area (Å²) in [6.45, 7) is 2.72. The lowest BCUT2D eigenvalue weighted by atomic mass is 10.0. The predicted molar refractivity (Wildman–Crippen MR) is 95.4 cm³/mol. The molecule has 1 atom stereocenters. The summed E-state index contributed by atoms with van der Waals surface area (Å²) < 4.78 is 1.96. The van der Waals surface area contributed by atoms with E-state index >= 15 is 0 Å². The highest BCUT2D eigenvalue weighted by atomic mass is 16.1. The van der Waals surface area contributed by atoms with Crippen molar-refractivity contribution in [2.45, 2.75) is 25.9 Å². The molecule has 122 valence electrons. The van der Waals surface area contributed by atoms with Gasteiger partial charge in [-0.15, -0.1) is 0 Å². The number of amides is 1. The fourth-order valence-corrected chi connectivity index (χ4v) is 2.71. The number of carbonyl (C=O) groups excluding carboxylic acids is 1. The molecule has 1 unspecified atom stereocenters. The summed E-state index contributed by atoms with van der Waals surface area (Å²) in [5.74, 6) is 0.0371. The van der Waals surface area contributed by atoms with Crippen LogP contribution in [0.4, 0.5) is 0 Å². The average molecular weight is 319 g/mol. The second-order valence-corrected chi connectivity index (χ2v) is 5.97. The summed E-state index contributed by atoms with van der Waals surface area (Å²) in [4.78, 5) is 16.2. The van der Waals surface area contributed by atoms with Crippen molar-refractivity contribution in [3.63, 3.8) is 0 Å². The van der Waals surface area contributed by atoms with Gasteiger partial charge in [-0.25, -0.2) is 4.98 Å². The lowest BCUT2D eigenvalue weighted by molar-refractivity contribution is -0.121. The largest absolute Gasteiger partial charge is 0.352 e. The van der Waals surface area contributed by atoms with Gasteiger partial charge in [0.2, 0.25) is 5.91 Å². The molecule has 3 rings (SSSR count). The summed E-state index contributed by atoms with van der Waals surface area (Å²) in [5.41, 5.74) is 3.36. The molecule has 1 heterocycles. The highest BCUT2D eigenvalue weighted by Crippen LogP contribution is 2.19. The van der Waals surface area contributed by atoms with Gasteiger partial charge in [-0.2, -0.15) is 0 Å². The Bertz CT molecular complexity index is 764. The van der Waals surface area contributed by atoms with Gasteiger partial charge in [-0.3, -0.25) is 4.79 Å². The highest BCUT2D eigenvalue weighted by molar-refractivity contribution is 5.79. The minimum atomic E-state index is 0.0371. The third-order valence-corrected chi connectivity index (χ3v) is 3.88. The summed E-state index contributed by atoms with van der Waals surface area (Å²) in [6, 6.07) is 18.4. The van der Waals surface area contributed by atoms with E-state index in [0.29, 0.717) is 6.42 Å². The van der Waals surface area contributed by atoms with Crippen LogP contribution in [0.15, 0.2) is 73.3 Å². The summed E-state index contributed by atoms with van der Waals surface area (Å²) in [7, 11) is 0. The number of aromatic nitrogens is 2. The number of hydrogen-bond acceptors (Lipinski definition) is 2. The van der Waals surface area contributed by atoms with E-state index in [0.717, 1.165) is 17.7 Å². The fraction of sp³-hybridized carbons (Fsp3) is 0.200.